The minimum Gasteiger partial charge on any atom is -0.422 e. The van der Waals surface area contributed by atoms with Gasteiger partial charge in [-0.3, -0.25) is 14.3 Å². The summed E-state index contributed by atoms with van der Waals surface area (Å²) in [7, 11) is 2.22. The van der Waals surface area contributed by atoms with E-state index in [0.717, 1.165) is 42.5 Å². The highest BCUT2D eigenvalue weighted by molar-refractivity contribution is 6.05. The summed E-state index contributed by atoms with van der Waals surface area (Å²) in [6.07, 6.45) is 5.64. The molecule has 12 nitrogen and oxygen atoms in total. The van der Waals surface area contributed by atoms with Gasteiger partial charge < -0.3 is 34.3 Å². The first-order valence-electron chi connectivity index (χ1n) is 17.6. The molecule has 49 heavy (non-hydrogen) atoms. The van der Waals surface area contributed by atoms with Gasteiger partial charge in [-0.05, 0) is 70.8 Å². The molecule has 3 atom stereocenters. The molecule has 2 fully saturated rings. The van der Waals surface area contributed by atoms with E-state index in [2.05, 4.69) is 41.3 Å². The van der Waals surface area contributed by atoms with Crippen LogP contribution in [-0.4, -0.2) is 97.7 Å². The quantitative estimate of drug-likeness (QED) is 0.141. The number of rotatable bonds is 15. The van der Waals surface area contributed by atoms with Gasteiger partial charge in [0.25, 0.3) is 11.8 Å². The maximum Gasteiger partial charge on any atom is 0.349 e. The zero-order chi connectivity index (χ0) is 34.3. The summed E-state index contributed by atoms with van der Waals surface area (Å²) < 4.78 is 18.7. The average Bonchev–Trinajstić information content (AvgIpc) is 3.47. The van der Waals surface area contributed by atoms with E-state index in [1.807, 2.05) is 47.1 Å². The van der Waals surface area contributed by atoms with Gasteiger partial charge in [0.05, 0.1) is 38.5 Å². The Labute approximate surface area is 286 Å². The molecule has 2 saturated heterocycles. The maximum atomic E-state index is 13.4. The van der Waals surface area contributed by atoms with Crippen LogP contribution in [0.25, 0.3) is 21.9 Å². The third kappa shape index (κ3) is 7.98. The number of carbonyl (C=O) groups excluding carboxylic acids is 2. The lowest BCUT2D eigenvalue weighted by atomic mass is 9.82. The third-order valence-corrected chi connectivity index (χ3v) is 9.99. The van der Waals surface area contributed by atoms with Crippen molar-refractivity contribution >= 4 is 39.4 Å². The van der Waals surface area contributed by atoms with Gasteiger partial charge in [-0.15, -0.1) is 0 Å². The van der Waals surface area contributed by atoms with Gasteiger partial charge in [-0.25, -0.2) is 4.79 Å². The molecule has 2 aromatic heterocycles. The van der Waals surface area contributed by atoms with Crippen LogP contribution in [0.15, 0.2) is 57.7 Å². The molecule has 0 saturated carbocycles. The van der Waals surface area contributed by atoms with Crippen molar-refractivity contribution in [3.63, 3.8) is 0 Å². The van der Waals surface area contributed by atoms with E-state index in [-0.39, 0.29) is 30.7 Å². The van der Waals surface area contributed by atoms with Crippen LogP contribution >= 0.6 is 0 Å². The lowest BCUT2D eigenvalue weighted by molar-refractivity contribution is 0.0445. The van der Waals surface area contributed by atoms with Crippen molar-refractivity contribution < 1.29 is 23.5 Å². The molecule has 2 bridgehead atoms. The van der Waals surface area contributed by atoms with Crippen LogP contribution in [0.4, 0.5) is 5.69 Å². The highest BCUT2D eigenvalue weighted by Crippen LogP contribution is 2.33. The van der Waals surface area contributed by atoms with Crippen LogP contribution in [0.5, 0.6) is 0 Å². The number of piperidine rings is 2. The van der Waals surface area contributed by atoms with E-state index in [1.165, 1.54) is 19.3 Å². The molecule has 2 aliphatic rings. The van der Waals surface area contributed by atoms with Crippen LogP contribution in [-0.2, 0) is 16.0 Å². The van der Waals surface area contributed by atoms with E-state index in [9.17, 15) is 14.4 Å². The molecule has 0 spiro atoms. The molecular weight excluding hydrogens is 624 g/mol. The number of nitrogens with one attached hydrogen (secondary N) is 2. The highest BCUT2D eigenvalue weighted by Gasteiger charge is 2.37. The average molecular weight is 673 g/mol. The molecule has 12 heteroatoms. The number of nitrogens with zero attached hydrogens (tertiary/aromatic N) is 4. The van der Waals surface area contributed by atoms with Crippen LogP contribution < -0.4 is 21.2 Å². The number of carbonyl (C=O) groups is 2. The molecule has 2 amide bonds. The van der Waals surface area contributed by atoms with Crippen molar-refractivity contribution in [1.29, 1.82) is 0 Å². The zero-order valence-electron chi connectivity index (χ0n) is 28.8. The number of hydrogen-bond donors (Lipinski definition) is 2. The standard InChI is InChI=1S/C37H48N6O6/c1-4-42(5-2)29-14-13-25-21-31(37(46)49-33(25)24-29)35(44)38-15-17-47-19-20-48-18-16-43-32-12-7-6-11-30(32)34(40-43)36(45)39-26-22-27-9-8-10-28(23-26)41(27)3/h6-7,11-14,21,24,26-28H,4-5,8-10,15-20,22-23H2,1-3H3,(H,38,44)(H,39,45)/t26?,27-,28+. The largest absolute Gasteiger partial charge is 0.422 e. The van der Waals surface area contributed by atoms with Gasteiger partial charge >= 0.3 is 5.63 Å². The monoisotopic (exact) mass is 672 g/mol. The number of aromatic nitrogens is 2. The Balaban J connectivity index is 0.917. The predicted molar refractivity (Wildman–Crippen MR) is 189 cm³/mol. The van der Waals surface area contributed by atoms with Crippen molar-refractivity contribution in [2.75, 3.05) is 58.0 Å². The van der Waals surface area contributed by atoms with Gasteiger partial charge in [-0.2, -0.15) is 5.10 Å². The Bertz CT molecular complexity index is 1800. The lowest BCUT2D eigenvalue weighted by Crippen LogP contribution is -2.55. The third-order valence-electron chi connectivity index (χ3n) is 9.99. The Hall–Kier alpha value is -4.26. The number of anilines is 1. The molecule has 0 radical (unpaired) electrons. The molecule has 1 unspecified atom stereocenters. The summed E-state index contributed by atoms with van der Waals surface area (Å²) in [6, 6.07) is 16.3. The smallest absolute Gasteiger partial charge is 0.349 e. The number of ether oxygens (including phenoxy) is 2. The number of para-hydroxylation sites is 1. The SMILES string of the molecule is CCN(CC)c1ccc2cc(C(=O)NCCOCCOCCn3nc(C(=O)NC4C[C@H]5CCC[C@@H](C4)N5C)c4ccccc43)c(=O)oc2c1. The summed E-state index contributed by atoms with van der Waals surface area (Å²) in [6.45, 7) is 7.91. The minimum absolute atomic E-state index is 0.0395. The van der Waals surface area contributed by atoms with Crippen LogP contribution in [0.1, 0.15) is 66.8 Å². The van der Waals surface area contributed by atoms with Crippen molar-refractivity contribution in [2.45, 2.75) is 70.6 Å². The Morgan fingerprint density at radius 2 is 1.69 bits per heavy atom. The first kappa shape index (κ1) is 34.6. The van der Waals surface area contributed by atoms with Gasteiger partial charge in [0.15, 0.2) is 5.69 Å². The number of hydrogen-bond acceptors (Lipinski definition) is 9. The maximum absolute atomic E-state index is 13.4. The van der Waals surface area contributed by atoms with E-state index < -0.39 is 11.5 Å². The zero-order valence-corrected chi connectivity index (χ0v) is 28.8. The van der Waals surface area contributed by atoms with Crippen LogP contribution in [0.3, 0.4) is 0 Å². The van der Waals surface area contributed by atoms with E-state index >= 15 is 0 Å². The summed E-state index contributed by atoms with van der Waals surface area (Å²) >= 11 is 0. The first-order valence-corrected chi connectivity index (χ1v) is 17.6. The van der Waals surface area contributed by atoms with Crippen LogP contribution in [0.2, 0.25) is 0 Å². The molecule has 4 aromatic rings. The second kappa shape index (κ2) is 16.0. The normalized spacial score (nSPS) is 19.3. The summed E-state index contributed by atoms with van der Waals surface area (Å²) in [5, 5.41) is 12.2. The van der Waals surface area contributed by atoms with Crippen molar-refractivity contribution in [1.82, 2.24) is 25.3 Å². The summed E-state index contributed by atoms with van der Waals surface area (Å²) in [4.78, 5) is 43.3. The molecule has 6 rings (SSSR count). The van der Waals surface area contributed by atoms with E-state index in [1.54, 1.807) is 6.07 Å². The highest BCUT2D eigenvalue weighted by atomic mass is 16.5. The lowest BCUT2D eigenvalue weighted by Gasteiger charge is -2.47. The molecule has 2 N–H and O–H groups in total. The van der Waals surface area contributed by atoms with Crippen LogP contribution in [0, 0.1) is 0 Å². The number of fused-ring (bicyclic) bond motifs is 4. The number of benzene rings is 2. The first-order chi connectivity index (χ1) is 23.9. The predicted octanol–water partition coefficient (Wildman–Crippen LogP) is 4.20. The molecule has 262 valence electrons. The van der Waals surface area contributed by atoms with Gasteiger partial charge in [0, 0.05) is 60.3 Å². The second-order valence-corrected chi connectivity index (χ2v) is 13.0. The van der Waals surface area contributed by atoms with E-state index in [4.69, 9.17) is 19.0 Å². The molecular formula is C37H48N6O6. The Morgan fingerprint density at radius 1 is 0.959 bits per heavy atom. The molecule has 4 heterocycles. The van der Waals surface area contributed by atoms with Crippen molar-refractivity contribution in [3.8, 4) is 0 Å². The van der Waals surface area contributed by atoms with Gasteiger partial charge in [0.2, 0.25) is 0 Å². The molecule has 2 aromatic carbocycles. The summed E-state index contributed by atoms with van der Waals surface area (Å²) in [5.41, 5.74) is 2.05. The summed E-state index contributed by atoms with van der Waals surface area (Å²) in [5.74, 6) is -0.619. The van der Waals surface area contributed by atoms with Gasteiger partial charge in [0.1, 0.15) is 11.1 Å². The fraction of sp³-hybridized carbons (Fsp3) is 0.514. The Morgan fingerprint density at radius 3 is 2.45 bits per heavy atom. The van der Waals surface area contributed by atoms with Crippen molar-refractivity contribution in [3.05, 3.63) is 70.2 Å². The second-order valence-electron chi connectivity index (χ2n) is 13.0. The van der Waals surface area contributed by atoms with Crippen molar-refractivity contribution in [2.24, 2.45) is 0 Å². The van der Waals surface area contributed by atoms with Gasteiger partial charge in [-0.1, -0.05) is 24.6 Å². The molecule has 0 aliphatic carbocycles. The van der Waals surface area contributed by atoms with E-state index in [0.29, 0.717) is 55.1 Å². The fourth-order valence-electron chi connectivity index (χ4n) is 7.30. The molecule has 2 aliphatic heterocycles. The number of amides is 2. The fourth-order valence-corrected chi connectivity index (χ4v) is 7.30. The minimum atomic E-state index is -0.673. The topological polar surface area (TPSA) is 131 Å². The Kier molecular flexibility index (Phi) is 11.3.